The summed E-state index contributed by atoms with van der Waals surface area (Å²) in [5, 5.41) is 19.9. The van der Waals surface area contributed by atoms with Gasteiger partial charge in [0.15, 0.2) is 0 Å². The number of alkyl halides is 3. The Morgan fingerprint density at radius 1 is 1.00 bits per heavy atom. The van der Waals surface area contributed by atoms with E-state index in [-0.39, 0.29) is 29.9 Å². The number of hydrogen-bond acceptors (Lipinski definition) is 5. The van der Waals surface area contributed by atoms with Crippen molar-refractivity contribution in [1.82, 2.24) is 20.4 Å². The number of carbonyl (C=O) groups is 3. The third-order valence-electron chi connectivity index (χ3n) is 8.05. The molecule has 2 N–H and O–H groups in total. The molecule has 50 heavy (non-hydrogen) atoms. The minimum atomic E-state index is -4.71. The fourth-order valence-electron chi connectivity index (χ4n) is 5.89. The van der Waals surface area contributed by atoms with Gasteiger partial charge in [0.05, 0.1) is 23.5 Å². The van der Waals surface area contributed by atoms with Gasteiger partial charge in [-0.05, 0) is 60.4 Å². The number of benzene rings is 3. The Bertz CT molecular complexity index is 1990. The van der Waals surface area contributed by atoms with Gasteiger partial charge in [-0.2, -0.15) is 23.5 Å². The summed E-state index contributed by atoms with van der Waals surface area (Å²) >= 11 is 0. The van der Waals surface area contributed by atoms with Crippen molar-refractivity contribution in [3.63, 3.8) is 0 Å². The highest BCUT2D eigenvalue weighted by molar-refractivity contribution is 6.05. The zero-order valence-corrected chi connectivity index (χ0v) is 27.7. The van der Waals surface area contributed by atoms with E-state index in [1.165, 1.54) is 39.9 Å². The van der Waals surface area contributed by atoms with E-state index in [1.807, 2.05) is 26.8 Å². The fraction of sp³-hybridized carbons (Fsp3) is 0.270. The summed E-state index contributed by atoms with van der Waals surface area (Å²) in [5.41, 5.74) is -0.274. The number of fused-ring (bicyclic) bond motifs is 1. The molecular weight excluding hydrogens is 652 g/mol. The molecule has 13 heteroatoms. The van der Waals surface area contributed by atoms with Crippen molar-refractivity contribution in [2.24, 2.45) is 5.41 Å². The van der Waals surface area contributed by atoms with Crippen molar-refractivity contribution < 1.29 is 31.9 Å². The van der Waals surface area contributed by atoms with Crippen molar-refractivity contribution in [1.29, 1.82) is 5.26 Å². The molecule has 9 nitrogen and oxygen atoms in total. The van der Waals surface area contributed by atoms with Crippen molar-refractivity contribution in [3.8, 4) is 11.8 Å². The van der Waals surface area contributed by atoms with Crippen LogP contribution in [-0.2, 0) is 22.3 Å². The van der Waals surface area contributed by atoms with E-state index < -0.39 is 52.7 Å². The standard InChI is InChI=1S/C37H34F4N6O3/c1-5-46-34-30(28(45-47(34)27-12-7-6-8-13-27)21-43-32(48)24(20-42)19-36(2,3)4)29(22-14-16-26(38)17-15-22)31(35(46)50)44-33(49)23-10-9-11-25(18-23)37(39,40)41/h6-19,29,31H,5,21H2,1-4H3,(H,43,48)(H,44,49)/b24-19+/t29-,31-/m0/s1. The number of nitrogens with zero attached hydrogens (tertiary/aromatic N) is 4. The Hall–Kier alpha value is -5.77. The average Bonchev–Trinajstić information content (AvgIpc) is 3.45. The molecule has 0 spiro atoms. The monoisotopic (exact) mass is 686 g/mol. The number of amides is 3. The first-order valence-corrected chi connectivity index (χ1v) is 15.8. The lowest BCUT2D eigenvalue weighted by atomic mass is 9.80. The molecule has 0 saturated carbocycles. The zero-order valence-electron chi connectivity index (χ0n) is 27.7. The third-order valence-corrected chi connectivity index (χ3v) is 8.05. The van der Waals surface area contributed by atoms with Gasteiger partial charge in [-0.25, -0.2) is 9.07 Å². The molecule has 1 aromatic heterocycles. The lowest BCUT2D eigenvalue weighted by molar-refractivity contribution is -0.137. The van der Waals surface area contributed by atoms with Gasteiger partial charge in [0, 0.05) is 23.6 Å². The van der Waals surface area contributed by atoms with Crippen LogP contribution < -0.4 is 15.5 Å². The first-order valence-electron chi connectivity index (χ1n) is 15.8. The second kappa shape index (κ2) is 14.0. The van der Waals surface area contributed by atoms with E-state index in [4.69, 9.17) is 5.10 Å². The molecule has 0 radical (unpaired) electrons. The minimum Gasteiger partial charge on any atom is -0.346 e. The van der Waals surface area contributed by atoms with E-state index in [9.17, 15) is 37.2 Å². The molecule has 0 aliphatic carbocycles. The third kappa shape index (κ3) is 7.44. The van der Waals surface area contributed by atoms with Crippen molar-refractivity contribution in [2.45, 2.75) is 52.4 Å². The molecule has 0 saturated heterocycles. The summed E-state index contributed by atoms with van der Waals surface area (Å²) < 4.78 is 56.3. The van der Waals surface area contributed by atoms with Gasteiger partial charge in [-0.3, -0.25) is 19.3 Å². The number of hydrogen-bond donors (Lipinski definition) is 2. The number of halogens is 4. The quantitative estimate of drug-likeness (QED) is 0.126. The van der Waals surface area contributed by atoms with E-state index in [0.29, 0.717) is 28.7 Å². The molecule has 2 atom stereocenters. The number of rotatable bonds is 8. The van der Waals surface area contributed by atoms with Crippen LogP contribution in [-0.4, -0.2) is 40.1 Å². The lowest BCUT2D eigenvalue weighted by Gasteiger charge is -2.38. The average molecular weight is 687 g/mol. The second-order valence-electron chi connectivity index (χ2n) is 12.8. The molecule has 5 rings (SSSR count). The van der Waals surface area contributed by atoms with Crippen molar-refractivity contribution in [2.75, 3.05) is 11.4 Å². The summed E-state index contributed by atoms with van der Waals surface area (Å²) in [6.07, 6.45) is -3.17. The van der Waals surface area contributed by atoms with Crippen LogP contribution in [0.2, 0.25) is 0 Å². The first-order chi connectivity index (χ1) is 23.6. The minimum absolute atomic E-state index is 0.106. The van der Waals surface area contributed by atoms with Crippen LogP contribution in [0.5, 0.6) is 0 Å². The maximum Gasteiger partial charge on any atom is 0.416 e. The Morgan fingerprint density at radius 2 is 1.68 bits per heavy atom. The van der Waals surface area contributed by atoms with E-state index in [0.717, 1.165) is 12.1 Å². The molecule has 1 aliphatic heterocycles. The molecule has 0 bridgehead atoms. The number of para-hydroxylation sites is 1. The number of nitrogens with one attached hydrogen (secondary N) is 2. The Balaban J connectivity index is 1.68. The van der Waals surface area contributed by atoms with Gasteiger partial charge < -0.3 is 10.6 Å². The molecule has 258 valence electrons. The number of anilines is 1. The molecular formula is C37H34F4N6O3. The van der Waals surface area contributed by atoms with Crippen LogP contribution in [0.3, 0.4) is 0 Å². The zero-order chi connectivity index (χ0) is 36.4. The molecule has 2 heterocycles. The number of likely N-dealkylation sites (N-methyl/N-ethyl adjacent to an activating group) is 1. The fourth-order valence-corrected chi connectivity index (χ4v) is 5.89. The van der Waals surface area contributed by atoms with E-state index >= 15 is 0 Å². The summed E-state index contributed by atoms with van der Waals surface area (Å²) in [7, 11) is 0. The van der Waals surface area contributed by atoms with Gasteiger partial charge in [0.2, 0.25) is 0 Å². The lowest BCUT2D eigenvalue weighted by Crippen LogP contribution is -2.55. The van der Waals surface area contributed by atoms with Gasteiger partial charge in [-0.15, -0.1) is 0 Å². The number of nitriles is 1. The Morgan fingerprint density at radius 3 is 2.28 bits per heavy atom. The molecule has 0 fully saturated rings. The van der Waals surface area contributed by atoms with Crippen LogP contribution in [0.4, 0.5) is 23.4 Å². The second-order valence-corrected chi connectivity index (χ2v) is 12.8. The van der Waals surface area contributed by atoms with E-state index in [2.05, 4.69) is 10.6 Å². The molecule has 3 aromatic carbocycles. The number of carbonyl (C=O) groups excluding carboxylic acids is 3. The Labute approximate surface area is 286 Å². The SMILES string of the molecule is CCN1C(=O)[C@@H](NC(=O)c2cccc(C(F)(F)F)c2)[C@@H](c2ccc(F)cc2)c2c(CNC(=O)/C(C#N)=C/C(C)(C)C)nn(-c3ccccc3)c21. The van der Waals surface area contributed by atoms with Crippen LogP contribution >= 0.6 is 0 Å². The van der Waals surface area contributed by atoms with Gasteiger partial charge in [-0.1, -0.05) is 63.2 Å². The highest BCUT2D eigenvalue weighted by atomic mass is 19.4. The summed E-state index contributed by atoms with van der Waals surface area (Å²) in [5.74, 6) is -3.42. The molecule has 1 aliphatic rings. The maximum atomic E-state index is 14.4. The number of allylic oxidation sites excluding steroid dienone is 1. The molecule has 3 amide bonds. The highest BCUT2D eigenvalue weighted by Crippen LogP contribution is 2.44. The highest BCUT2D eigenvalue weighted by Gasteiger charge is 2.46. The first kappa shape index (κ1) is 35.5. The van der Waals surface area contributed by atoms with Crippen LogP contribution in [0.1, 0.15) is 66.4 Å². The predicted octanol–water partition coefficient (Wildman–Crippen LogP) is 6.44. The number of aromatic nitrogens is 2. The van der Waals surface area contributed by atoms with Crippen LogP contribution in [0.15, 0.2) is 90.5 Å². The topological polar surface area (TPSA) is 120 Å². The largest absolute Gasteiger partial charge is 0.416 e. The smallest absolute Gasteiger partial charge is 0.346 e. The molecule has 4 aromatic rings. The summed E-state index contributed by atoms with van der Waals surface area (Å²) in [6, 6.07) is 18.5. The van der Waals surface area contributed by atoms with E-state index in [1.54, 1.807) is 43.3 Å². The summed E-state index contributed by atoms with van der Waals surface area (Å²) in [4.78, 5) is 42.6. The van der Waals surface area contributed by atoms with Gasteiger partial charge in [0.25, 0.3) is 17.7 Å². The van der Waals surface area contributed by atoms with Crippen molar-refractivity contribution in [3.05, 3.63) is 124 Å². The predicted molar refractivity (Wildman–Crippen MR) is 178 cm³/mol. The van der Waals surface area contributed by atoms with Gasteiger partial charge in [0.1, 0.15) is 29.3 Å². The molecule has 0 unspecified atom stereocenters. The van der Waals surface area contributed by atoms with Crippen LogP contribution in [0.25, 0.3) is 5.69 Å². The summed E-state index contributed by atoms with van der Waals surface area (Å²) in [6.45, 7) is 7.13. The van der Waals surface area contributed by atoms with Crippen LogP contribution in [0, 0.1) is 22.6 Å². The van der Waals surface area contributed by atoms with Gasteiger partial charge >= 0.3 is 6.18 Å². The van der Waals surface area contributed by atoms with Crippen molar-refractivity contribution >= 4 is 23.5 Å². The Kier molecular flexibility index (Phi) is 9.94. The maximum absolute atomic E-state index is 14.4. The normalized spacial score (nSPS) is 16.4.